The molecule has 0 bridgehead atoms. The number of hydrogen-bond donors (Lipinski definition) is 0. The predicted molar refractivity (Wildman–Crippen MR) is 72.1 cm³/mol. The Morgan fingerprint density at radius 1 is 1.53 bits per heavy atom. The highest BCUT2D eigenvalue weighted by Crippen LogP contribution is 2.28. The van der Waals surface area contributed by atoms with Crippen LogP contribution in [-0.4, -0.2) is 29.3 Å². The Morgan fingerprint density at radius 3 is 2.82 bits per heavy atom. The lowest BCUT2D eigenvalue weighted by atomic mass is 9.99. The highest BCUT2D eigenvalue weighted by molar-refractivity contribution is 9.10. The third-order valence-electron chi connectivity index (χ3n) is 2.86. The van der Waals surface area contributed by atoms with Crippen LogP contribution in [0.1, 0.15) is 12.8 Å². The number of nitrogens with zero attached hydrogens (tertiary/aromatic N) is 4. The van der Waals surface area contributed by atoms with Crippen molar-refractivity contribution in [3.63, 3.8) is 0 Å². The van der Waals surface area contributed by atoms with Gasteiger partial charge in [-0.3, -0.25) is 0 Å². The molecule has 17 heavy (non-hydrogen) atoms. The maximum absolute atomic E-state index is 8.88. The lowest BCUT2D eigenvalue weighted by Gasteiger charge is -2.30. The third kappa shape index (κ3) is 2.90. The molecule has 90 valence electrons. The van der Waals surface area contributed by atoms with Crippen LogP contribution in [0.4, 0.5) is 5.82 Å². The topological polar surface area (TPSA) is 52.8 Å². The van der Waals surface area contributed by atoms with Gasteiger partial charge >= 0.3 is 0 Å². The fraction of sp³-hybridized carbons (Fsp3) is 0.545. The quantitative estimate of drug-likeness (QED) is 0.621. The summed E-state index contributed by atoms with van der Waals surface area (Å²) in [6.45, 7) is 1.78. The van der Waals surface area contributed by atoms with E-state index in [0.29, 0.717) is 0 Å². The first-order valence-electron chi connectivity index (χ1n) is 5.45. The molecule has 1 fully saturated rings. The molecular weight excluding hydrogens is 300 g/mol. The summed E-state index contributed by atoms with van der Waals surface area (Å²) in [7, 11) is 0. The number of thioether (sulfide) groups is 1. The van der Waals surface area contributed by atoms with Gasteiger partial charge < -0.3 is 4.90 Å². The first-order valence-corrected chi connectivity index (χ1v) is 7.47. The Kier molecular flexibility index (Phi) is 4.24. The highest BCUT2D eigenvalue weighted by Gasteiger charge is 2.21. The fourth-order valence-electron chi connectivity index (χ4n) is 1.88. The molecule has 1 aromatic rings. The molecule has 4 nitrogen and oxygen atoms in total. The van der Waals surface area contributed by atoms with Crippen molar-refractivity contribution in [1.82, 2.24) is 9.97 Å². The van der Waals surface area contributed by atoms with E-state index in [9.17, 15) is 0 Å². The lowest BCUT2D eigenvalue weighted by molar-refractivity contribution is 0.483. The third-order valence-corrected chi connectivity index (χ3v) is 3.98. The average Bonchev–Trinajstić information content (AvgIpc) is 2.39. The first-order chi connectivity index (χ1) is 8.24. The van der Waals surface area contributed by atoms with Gasteiger partial charge in [-0.1, -0.05) is 11.8 Å². The van der Waals surface area contributed by atoms with E-state index in [1.54, 1.807) is 6.20 Å². The van der Waals surface area contributed by atoms with E-state index in [0.717, 1.165) is 41.4 Å². The maximum atomic E-state index is 8.88. The van der Waals surface area contributed by atoms with E-state index in [1.807, 2.05) is 6.26 Å². The van der Waals surface area contributed by atoms with Crippen molar-refractivity contribution in [3.8, 4) is 6.07 Å². The standard InChI is InChI=1S/C11H13BrN4S/c1-17-11-14-7-9(12)10(15-11)16-4-2-8(6-13)3-5-16/h7-8H,2-5H2,1H3. The number of rotatable bonds is 2. The summed E-state index contributed by atoms with van der Waals surface area (Å²) >= 11 is 5.03. The van der Waals surface area contributed by atoms with Crippen molar-refractivity contribution in [3.05, 3.63) is 10.7 Å². The van der Waals surface area contributed by atoms with Gasteiger partial charge in [-0.25, -0.2) is 9.97 Å². The molecule has 1 aliphatic rings. The van der Waals surface area contributed by atoms with Gasteiger partial charge in [0.25, 0.3) is 0 Å². The van der Waals surface area contributed by atoms with Crippen LogP contribution in [0.5, 0.6) is 0 Å². The summed E-state index contributed by atoms with van der Waals surface area (Å²) in [4.78, 5) is 10.9. The van der Waals surface area contributed by atoms with Crippen molar-refractivity contribution in [2.45, 2.75) is 18.0 Å². The summed E-state index contributed by atoms with van der Waals surface area (Å²) in [5, 5.41) is 9.66. The van der Waals surface area contributed by atoms with Gasteiger partial charge in [-0.05, 0) is 35.0 Å². The zero-order chi connectivity index (χ0) is 12.3. The molecule has 6 heteroatoms. The molecule has 1 aromatic heterocycles. The van der Waals surface area contributed by atoms with Crippen molar-refractivity contribution >= 4 is 33.5 Å². The largest absolute Gasteiger partial charge is 0.355 e. The Bertz CT molecular complexity index is 438. The Morgan fingerprint density at radius 2 is 2.24 bits per heavy atom. The molecule has 0 unspecified atom stereocenters. The smallest absolute Gasteiger partial charge is 0.189 e. The fourth-order valence-corrected chi connectivity index (χ4v) is 2.66. The monoisotopic (exact) mass is 312 g/mol. The van der Waals surface area contributed by atoms with Crippen LogP contribution in [0.15, 0.2) is 15.8 Å². The minimum absolute atomic E-state index is 0.201. The van der Waals surface area contributed by atoms with E-state index in [-0.39, 0.29) is 5.92 Å². The second kappa shape index (κ2) is 5.69. The van der Waals surface area contributed by atoms with Crippen LogP contribution in [0.25, 0.3) is 0 Å². The number of halogens is 1. The van der Waals surface area contributed by atoms with Crippen LogP contribution in [0, 0.1) is 17.2 Å². The Hall–Kier alpha value is -0.800. The van der Waals surface area contributed by atoms with Crippen molar-refractivity contribution in [2.24, 2.45) is 5.92 Å². The van der Waals surface area contributed by atoms with Gasteiger partial charge in [0, 0.05) is 25.2 Å². The molecule has 0 atom stereocenters. The van der Waals surface area contributed by atoms with Crippen molar-refractivity contribution in [2.75, 3.05) is 24.2 Å². The molecule has 0 aromatic carbocycles. The summed E-state index contributed by atoms with van der Waals surface area (Å²) in [5.74, 6) is 1.15. The molecule has 0 radical (unpaired) electrons. The van der Waals surface area contributed by atoms with Gasteiger partial charge in [-0.15, -0.1) is 0 Å². The van der Waals surface area contributed by atoms with Gasteiger partial charge in [0.1, 0.15) is 5.82 Å². The Labute approximate surface area is 114 Å². The molecule has 0 N–H and O–H groups in total. The van der Waals surface area contributed by atoms with Gasteiger partial charge in [0.2, 0.25) is 0 Å². The van der Waals surface area contributed by atoms with E-state index < -0.39 is 0 Å². The van der Waals surface area contributed by atoms with Crippen molar-refractivity contribution in [1.29, 1.82) is 5.26 Å². The molecule has 0 spiro atoms. The van der Waals surface area contributed by atoms with E-state index in [1.165, 1.54) is 11.8 Å². The second-order valence-corrected chi connectivity index (χ2v) is 5.55. The zero-order valence-electron chi connectivity index (χ0n) is 9.56. The van der Waals surface area contributed by atoms with Gasteiger partial charge in [0.15, 0.2) is 5.16 Å². The van der Waals surface area contributed by atoms with Crippen LogP contribution >= 0.6 is 27.7 Å². The minimum Gasteiger partial charge on any atom is -0.355 e. The molecule has 2 heterocycles. The Balaban J connectivity index is 2.15. The molecule has 0 aliphatic carbocycles. The summed E-state index contributed by atoms with van der Waals surface area (Å²) < 4.78 is 0.922. The van der Waals surface area contributed by atoms with Crippen LogP contribution in [-0.2, 0) is 0 Å². The molecule has 0 saturated carbocycles. The maximum Gasteiger partial charge on any atom is 0.189 e. The zero-order valence-corrected chi connectivity index (χ0v) is 12.0. The number of hydrogen-bond acceptors (Lipinski definition) is 5. The van der Waals surface area contributed by atoms with Gasteiger partial charge in [0.05, 0.1) is 10.5 Å². The number of nitriles is 1. The summed E-state index contributed by atoms with van der Waals surface area (Å²) in [6.07, 6.45) is 5.60. The van der Waals surface area contributed by atoms with E-state index in [2.05, 4.69) is 36.9 Å². The van der Waals surface area contributed by atoms with Crippen molar-refractivity contribution < 1.29 is 0 Å². The predicted octanol–water partition coefficient (Wildman–Crippen LogP) is 2.70. The number of anilines is 1. The molecule has 2 rings (SSSR count). The average molecular weight is 313 g/mol. The van der Waals surface area contributed by atoms with Gasteiger partial charge in [-0.2, -0.15) is 5.26 Å². The molecule has 0 amide bonds. The van der Waals surface area contributed by atoms with Crippen LogP contribution in [0.3, 0.4) is 0 Å². The first kappa shape index (κ1) is 12.7. The molecular formula is C11H13BrN4S. The van der Waals surface area contributed by atoms with E-state index in [4.69, 9.17) is 5.26 Å². The summed E-state index contributed by atoms with van der Waals surface area (Å²) in [5.41, 5.74) is 0. The molecule has 1 aliphatic heterocycles. The number of aromatic nitrogens is 2. The van der Waals surface area contributed by atoms with Crippen LogP contribution in [0.2, 0.25) is 0 Å². The highest BCUT2D eigenvalue weighted by atomic mass is 79.9. The van der Waals surface area contributed by atoms with E-state index >= 15 is 0 Å². The number of piperidine rings is 1. The normalized spacial score (nSPS) is 16.9. The van der Waals surface area contributed by atoms with Crippen LogP contribution < -0.4 is 4.90 Å². The summed E-state index contributed by atoms with van der Waals surface area (Å²) in [6, 6.07) is 2.34. The minimum atomic E-state index is 0.201. The SMILES string of the molecule is CSc1ncc(Br)c(N2CCC(C#N)CC2)n1. The lowest BCUT2D eigenvalue weighted by Crippen LogP contribution is -2.34. The molecule has 1 saturated heterocycles. The second-order valence-electron chi connectivity index (χ2n) is 3.92.